The molecule has 0 atom stereocenters. The van der Waals surface area contributed by atoms with Crippen molar-refractivity contribution in [2.75, 3.05) is 7.05 Å². The van der Waals surface area contributed by atoms with Crippen LogP contribution in [0, 0.1) is 6.92 Å². The number of fused-ring (bicyclic) bond motifs is 2. The van der Waals surface area contributed by atoms with Crippen LogP contribution in [0.15, 0.2) is 51.8 Å². The van der Waals surface area contributed by atoms with E-state index in [4.69, 9.17) is 4.42 Å². The zero-order chi connectivity index (χ0) is 23.0. The molecule has 0 spiro atoms. The predicted molar refractivity (Wildman–Crippen MR) is 125 cm³/mol. The fourth-order valence-corrected chi connectivity index (χ4v) is 3.78. The summed E-state index contributed by atoms with van der Waals surface area (Å²) in [7, 11) is 1.71. The molecule has 0 aliphatic heterocycles. The first-order chi connectivity index (χ1) is 15.3. The number of aromatic nitrogens is 2. The number of hydrogen-bond acceptors (Lipinski definition) is 5. The number of furan rings is 1. The summed E-state index contributed by atoms with van der Waals surface area (Å²) in [5, 5.41) is 12.1. The Kier molecular flexibility index (Phi) is 5.57. The minimum Gasteiger partial charge on any atom is -0.507 e. The van der Waals surface area contributed by atoms with Gasteiger partial charge in [0, 0.05) is 30.3 Å². The van der Waals surface area contributed by atoms with E-state index < -0.39 is 0 Å². The monoisotopic (exact) mass is 431 g/mol. The summed E-state index contributed by atoms with van der Waals surface area (Å²) in [5.41, 5.74) is 2.73. The Morgan fingerprint density at radius 2 is 2.03 bits per heavy atom. The van der Waals surface area contributed by atoms with E-state index >= 15 is 0 Å². The highest BCUT2D eigenvalue weighted by Gasteiger charge is 2.16. The van der Waals surface area contributed by atoms with Gasteiger partial charge in [0.25, 0.3) is 5.56 Å². The molecule has 7 heteroatoms. The summed E-state index contributed by atoms with van der Waals surface area (Å²) < 4.78 is 5.90. The van der Waals surface area contributed by atoms with Gasteiger partial charge in [0.05, 0.1) is 17.5 Å². The minimum absolute atomic E-state index is 0.0784. The summed E-state index contributed by atoms with van der Waals surface area (Å²) in [5.74, 6) is 0.334. The van der Waals surface area contributed by atoms with Gasteiger partial charge in [-0.05, 0) is 36.6 Å². The molecule has 2 N–H and O–H groups in total. The number of pyridine rings is 2. The lowest BCUT2D eigenvalue weighted by molar-refractivity contribution is -0.125. The number of likely N-dealkylation sites (N-methyl/N-ethyl adjacent to an activating group) is 1. The molecule has 32 heavy (non-hydrogen) atoms. The van der Waals surface area contributed by atoms with Gasteiger partial charge in [0.15, 0.2) is 0 Å². The molecule has 164 valence electrons. The Morgan fingerprint density at radius 3 is 2.75 bits per heavy atom. The number of nitrogens with one attached hydrogen (secondary N) is 1. The number of aromatic amines is 1. The number of aromatic hydroxyl groups is 1. The van der Waals surface area contributed by atoms with Crippen LogP contribution < -0.4 is 5.56 Å². The van der Waals surface area contributed by atoms with E-state index in [0.29, 0.717) is 28.7 Å². The van der Waals surface area contributed by atoms with Gasteiger partial charge in [-0.15, -0.1) is 0 Å². The Bertz CT molecular complexity index is 1410. The van der Waals surface area contributed by atoms with E-state index in [-0.39, 0.29) is 23.1 Å². The summed E-state index contributed by atoms with van der Waals surface area (Å²) in [6.45, 7) is 6.01. The molecule has 3 heterocycles. The first-order valence-corrected chi connectivity index (χ1v) is 10.4. The standard InChI is InChI=1S/C25H25N3O4/c1-14(2)22-23(30)18-11-16(12-26-24(18)27-25(22)31)9-10-21(29)28(4)13-20-15(3)17-7-5-6-8-19(17)32-20/h5-12,14H,13H2,1-4H3,(H2,26,27,30,31). The normalized spacial score (nSPS) is 11.8. The highest BCUT2D eigenvalue weighted by Crippen LogP contribution is 2.29. The lowest BCUT2D eigenvalue weighted by atomic mass is 10.0. The number of benzene rings is 1. The molecule has 1 aromatic carbocycles. The van der Waals surface area contributed by atoms with Gasteiger partial charge in [0.1, 0.15) is 22.7 Å². The van der Waals surface area contributed by atoms with Crippen LogP contribution in [-0.4, -0.2) is 32.9 Å². The van der Waals surface area contributed by atoms with Crippen molar-refractivity contribution in [3.63, 3.8) is 0 Å². The number of H-pyrrole nitrogens is 1. The molecule has 0 aliphatic rings. The van der Waals surface area contributed by atoms with Gasteiger partial charge >= 0.3 is 0 Å². The molecule has 4 rings (SSSR count). The second-order valence-electron chi connectivity index (χ2n) is 8.21. The van der Waals surface area contributed by atoms with E-state index in [9.17, 15) is 14.7 Å². The fourth-order valence-electron chi connectivity index (χ4n) is 3.78. The number of aryl methyl sites for hydroxylation is 1. The van der Waals surface area contributed by atoms with Crippen LogP contribution in [0.2, 0.25) is 0 Å². The molecule has 4 aromatic rings. The Morgan fingerprint density at radius 1 is 1.28 bits per heavy atom. The highest BCUT2D eigenvalue weighted by atomic mass is 16.3. The maximum atomic E-state index is 12.6. The number of amides is 1. The van der Waals surface area contributed by atoms with Crippen molar-refractivity contribution in [2.24, 2.45) is 0 Å². The number of carbonyl (C=O) groups is 1. The van der Waals surface area contributed by atoms with E-state index in [1.807, 2.05) is 45.0 Å². The van der Waals surface area contributed by atoms with Crippen LogP contribution in [0.3, 0.4) is 0 Å². The summed E-state index contributed by atoms with van der Waals surface area (Å²) in [6, 6.07) is 9.49. The van der Waals surface area contributed by atoms with Crippen LogP contribution in [0.5, 0.6) is 5.75 Å². The molecular weight excluding hydrogens is 406 g/mol. The molecule has 0 radical (unpaired) electrons. The molecular formula is C25H25N3O4. The van der Waals surface area contributed by atoms with Crippen molar-refractivity contribution in [1.82, 2.24) is 14.9 Å². The maximum Gasteiger partial charge on any atom is 0.256 e. The number of carbonyl (C=O) groups excluding carboxylic acids is 1. The van der Waals surface area contributed by atoms with Gasteiger partial charge in [-0.25, -0.2) is 4.98 Å². The molecule has 0 aliphatic carbocycles. The minimum atomic E-state index is -0.349. The molecule has 0 saturated carbocycles. The third-order valence-corrected chi connectivity index (χ3v) is 5.59. The SMILES string of the molecule is Cc1c(CN(C)C(=O)C=Cc2cnc3[nH]c(=O)c(C(C)C)c(O)c3c2)oc2ccccc12. The zero-order valence-electron chi connectivity index (χ0n) is 18.5. The topological polar surface area (TPSA) is 99.4 Å². The largest absolute Gasteiger partial charge is 0.507 e. The Hall–Kier alpha value is -3.87. The predicted octanol–water partition coefficient (Wildman–Crippen LogP) is 4.48. The van der Waals surface area contributed by atoms with Crippen molar-refractivity contribution < 1.29 is 14.3 Å². The quantitative estimate of drug-likeness (QED) is 0.454. The van der Waals surface area contributed by atoms with E-state index in [1.54, 1.807) is 30.3 Å². The summed E-state index contributed by atoms with van der Waals surface area (Å²) in [6.07, 6.45) is 4.63. The van der Waals surface area contributed by atoms with Crippen molar-refractivity contribution >= 4 is 34.0 Å². The van der Waals surface area contributed by atoms with Crippen molar-refractivity contribution in [3.8, 4) is 5.75 Å². The number of para-hydroxylation sites is 1. The van der Waals surface area contributed by atoms with Crippen LogP contribution in [0.25, 0.3) is 28.1 Å². The van der Waals surface area contributed by atoms with Crippen LogP contribution in [-0.2, 0) is 11.3 Å². The molecule has 0 unspecified atom stereocenters. The van der Waals surface area contributed by atoms with Crippen LogP contribution in [0.4, 0.5) is 0 Å². The van der Waals surface area contributed by atoms with Gasteiger partial charge in [-0.3, -0.25) is 9.59 Å². The lowest BCUT2D eigenvalue weighted by Gasteiger charge is -2.14. The van der Waals surface area contributed by atoms with Gasteiger partial charge in [-0.1, -0.05) is 32.0 Å². The molecule has 0 bridgehead atoms. The second kappa shape index (κ2) is 8.34. The number of hydrogen-bond donors (Lipinski definition) is 2. The fraction of sp³-hybridized carbons (Fsp3) is 0.240. The van der Waals surface area contributed by atoms with Crippen LogP contribution >= 0.6 is 0 Å². The first kappa shape index (κ1) is 21.4. The highest BCUT2D eigenvalue weighted by molar-refractivity contribution is 5.93. The zero-order valence-corrected chi connectivity index (χ0v) is 18.5. The average molecular weight is 431 g/mol. The van der Waals surface area contributed by atoms with Gasteiger partial charge in [-0.2, -0.15) is 0 Å². The third kappa shape index (κ3) is 3.89. The average Bonchev–Trinajstić information content (AvgIpc) is 3.07. The number of rotatable bonds is 5. The summed E-state index contributed by atoms with van der Waals surface area (Å²) in [4.78, 5) is 33.3. The molecule has 0 saturated heterocycles. The van der Waals surface area contributed by atoms with Crippen molar-refractivity contribution in [1.29, 1.82) is 0 Å². The molecule has 1 amide bonds. The van der Waals surface area contributed by atoms with E-state index in [0.717, 1.165) is 22.3 Å². The third-order valence-electron chi connectivity index (χ3n) is 5.59. The first-order valence-electron chi connectivity index (χ1n) is 10.4. The Balaban J connectivity index is 1.55. The van der Waals surface area contributed by atoms with Crippen molar-refractivity contribution in [3.05, 3.63) is 75.4 Å². The second-order valence-corrected chi connectivity index (χ2v) is 8.21. The van der Waals surface area contributed by atoms with Crippen molar-refractivity contribution in [2.45, 2.75) is 33.2 Å². The molecule has 3 aromatic heterocycles. The number of nitrogens with zero attached hydrogens (tertiary/aromatic N) is 2. The Labute approximate surface area is 185 Å². The van der Waals surface area contributed by atoms with Gasteiger partial charge in [0.2, 0.25) is 5.91 Å². The summed E-state index contributed by atoms with van der Waals surface area (Å²) >= 11 is 0. The maximum absolute atomic E-state index is 12.6. The smallest absolute Gasteiger partial charge is 0.256 e. The van der Waals surface area contributed by atoms with Crippen LogP contribution in [0.1, 0.15) is 42.2 Å². The van der Waals surface area contributed by atoms with E-state index in [1.165, 1.54) is 6.08 Å². The lowest BCUT2D eigenvalue weighted by Crippen LogP contribution is -2.24. The molecule has 0 fully saturated rings. The van der Waals surface area contributed by atoms with Gasteiger partial charge < -0.3 is 19.4 Å². The molecule has 7 nitrogen and oxygen atoms in total. The van der Waals surface area contributed by atoms with E-state index in [2.05, 4.69) is 9.97 Å².